The maximum Gasteiger partial charge on any atom is 0.420 e. The number of benzene rings is 2. The maximum atomic E-state index is 13.1. The summed E-state index contributed by atoms with van der Waals surface area (Å²) in [5.41, 5.74) is 2.32. The van der Waals surface area contributed by atoms with Crippen LogP contribution in [0.5, 0.6) is 5.88 Å². The Labute approximate surface area is 205 Å². The molecule has 0 unspecified atom stereocenters. The number of halogens is 3. The first kappa shape index (κ1) is 24.5. The highest BCUT2D eigenvalue weighted by atomic mass is 32.1. The van der Waals surface area contributed by atoms with E-state index in [0.717, 1.165) is 35.4 Å². The Morgan fingerprint density at radius 3 is 2.57 bits per heavy atom. The number of hydrogen-bond acceptors (Lipinski definition) is 4. The molecule has 0 atom stereocenters. The average Bonchev–Trinajstić information content (AvgIpc) is 3.40. The van der Waals surface area contributed by atoms with Crippen molar-refractivity contribution >= 4 is 22.6 Å². The van der Waals surface area contributed by atoms with Gasteiger partial charge in [0.15, 0.2) is 5.13 Å². The number of carbonyl (C=O) groups is 1. The zero-order valence-electron chi connectivity index (χ0n) is 19.2. The molecule has 0 fully saturated rings. The lowest BCUT2D eigenvalue weighted by Crippen LogP contribution is -2.18. The van der Waals surface area contributed by atoms with Gasteiger partial charge >= 0.3 is 12.3 Å². The first-order chi connectivity index (χ1) is 16.7. The van der Waals surface area contributed by atoms with Gasteiger partial charge in [0.05, 0.1) is 17.8 Å². The summed E-state index contributed by atoms with van der Waals surface area (Å²) in [6.45, 7) is 4.24. The number of carbonyl (C=O) groups excluding carboxylic acids is 1. The van der Waals surface area contributed by atoms with Crippen LogP contribution in [-0.4, -0.2) is 15.6 Å². The van der Waals surface area contributed by atoms with E-state index in [0.29, 0.717) is 16.6 Å². The van der Waals surface area contributed by atoms with Crippen LogP contribution >= 0.6 is 11.3 Å². The minimum absolute atomic E-state index is 0.125. The molecule has 0 saturated heterocycles. The highest BCUT2D eigenvalue weighted by molar-refractivity contribution is 7.14. The second kappa shape index (κ2) is 10.4. The van der Waals surface area contributed by atoms with Crippen LogP contribution < -0.4 is 10.1 Å². The number of hydrogen-bond donors (Lipinski definition) is 1. The first-order valence-corrected chi connectivity index (χ1v) is 11.9. The lowest BCUT2D eigenvalue weighted by Gasteiger charge is -2.12. The van der Waals surface area contributed by atoms with E-state index in [1.165, 1.54) is 17.4 Å². The quantitative estimate of drug-likeness (QED) is 0.287. The summed E-state index contributed by atoms with van der Waals surface area (Å²) in [5, 5.41) is 4.85. The minimum Gasteiger partial charge on any atom is -0.393 e. The second-order valence-corrected chi connectivity index (χ2v) is 9.39. The van der Waals surface area contributed by atoms with Gasteiger partial charge < -0.3 is 9.30 Å². The van der Waals surface area contributed by atoms with Crippen molar-refractivity contribution in [2.45, 2.75) is 33.0 Å². The molecule has 2 aromatic carbocycles. The van der Waals surface area contributed by atoms with E-state index >= 15 is 0 Å². The van der Waals surface area contributed by atoms with E-state index in [9.17, 15) is 18.0 Å². The molecule has 5 nitrogen and oxygen atoms in total. The fourth-order valence-electron chi connectivity index (χ4n) is 3.66. The largest absolute Gasteiger partial charge is 0.420 e. The van der Waals surface area contributed by atoms with Crippen LogP contribution in [0.2, 0.25) is 0 Å². The molecule has 2 heterocycles. The van der Waals surface area contributed by atoms with Gasteiger partial charge in [-0.1, -0.05) is 56.3 Å². The first-order valence-electron chi connectivity index (χ1n) is 11.0. The zero-order chi connectivity index (χ0) is 25.0. The molecule has 0 saturated carbocycles. The smallest absolute Gasteiger partial charge is 0.393 e. The molecule has 35 heavy (non-hydrogen) atoms. The van der Waals surface area contributed by atoms with E-state index in [1.54, 1.807) is 22.9 Å². The monoisotopic (exact) mass is 499 g/mol. The molecule has 0 spiro atoms. The molecule has 4 rings (SSSR count). The summed E-state index contributed by atoms with van der Waals surface area (Å²) < 4.78 is 46.6. The van der Waals surface area contributed by atoms with Gasteiger partial charge in [0.2, 0.25) is 5.88 Å². The Kier molecular flexibility index (Phi) is 7.25. The van der Waals surface area contributed by atoms with Gasteiger partial charge in [-0.25, -0.2) is 9.78 Å². The normalized spacial score (nSPS) is 11.6. The molecule has 1 N–H and O–H groups in total. The Morgan fingerprint density at radius 1 is 1.09 bits per heavy atom. The minimum atomic E-state index is -4.43. The Balaban J connectivity index is 1.51. The molecule has 4 aromatic rings. The van der Waals surface area contributed by atoms with Gasteiger partial charge in [0.1, 0.15) is 0 Å². The summed E-state index contributed by atoms with van der Waals surface area (Å²) >= 11 is 1.27. The molecule has 182 valence electrons. The SMILES string of the molecule is CC(C)Cc1cc(OC(=O)Nc2nc(-c3ccccc3)cs2)n(Cc2cccc(C(F)(F)F)c2)c1. The predicted octanol–water partition coefficient (Wildman–Crippen LogP) is 7.49. The van der Waals surface area contributed by atoms with Gasteiger partial charge in [-0.15, -0.1) is 11.3 Å². The van der Waals surface area contributed by atoms with E-state index < -0.39 is 17.8 Å². The van der Waals surface area contributed by atoms with Crippen LogP contribution in [0.3, 0.4) is 0 Å². The van der Waals surface area contributed by atoms with Crippen molar-refractivity contribution in [3.63, 3.8) is 0 Å². The molecule has 2 aromatic heterocycles. The van der Waals surface area contributed by atoms with Crippen molar-refractivity contribution in [2.24, 2.45) is 5.92 Å². The number of nitrogens with one attached hydrogen (secondary N) is 1. The van der Waals surface area contributed by atoms with Gasteiger partial charge in [-0.3, -0.25) is 5.32 Å². The molecule has 0 aliphatic rings. The molecular formula is C26H24F3N3O2S. The fourth-order valence-corrected chi connectivity index (χ4v) is 4.37. The Hall–Kier alpha value is -3.59. The Bertz CT molecular complexity index is 1300. The second-order valence-electron chi connectivity index (χ2n) is 8.53. The molecular weight excluding hydrogens is 475 g/mol. The van der Waals surface area contributed by atoms with E-state index in [1.807, 2.05) is 35.7 Å². The number of amides is 1. The third-order valence-corrected chi connectivity index (χ3v) is 5.90. The van der Waals surface area contributed by atoms with Crippen molar-refractivity contribution in [2.75, 3.05) is 5.32 Å². The van der Waals surface area contributed by atoms with Crippen LogP contribution in [0.4, 0.5) is 23.1 Å². The molecule has 0 bridgehead atoms. The molecule has 9 heteroatoms. The number of alkyl halides is 3. The summed E-state index contributed by atoms with van der Waals surface area (Å²) in [6, 6.07) is 16.4. The molecule has 0 aliphatic heterocycles. The topological polar surface area (TPSA) is 56.1 Å². The molecule has 1 amide bonds. The van der Waals surface area contributed by atoms with Crippen LogP contribution in [0.25, 0.3) is 11.3 Å². The lowest BCUT2D eigenvalue weighted by atomic mass is 10.1. The number of anilines is 1. The Morgan fingerprint density at radius 2 is 1.86 bits per heavy atom. The predicted molar refractivity (Wildman–Crippen MR) is 131 cm³/mol. The van der Waals surface area contributed by atoms with E-state index in [2.05, 4.69) is 24.1 Å². The summed E-state index contributed by atoms with van der Waals surface area (Å²) in [7, 11) is 0. The molecule has 0 aliphatic carbocycles. The van der Waals surface area contributed by atoms with Crippen LogP contribution in [-0.2, 0) is 19.1 Å². The number of rotatable bonds is 7. The number of nitrogens with zero attached hydrogens (tertiary/aromatic N) is 2. The van der Waals surface area contributed by atoms with Crippen LogP contribution in [0.1, 0.15) is 30.5 Å². The number of aromatic nitrogens is 2. The van der Waals surface area contributed by atoms with E-state index in [-0.39, 0.29) is 12.4 Å². The maximum absolute atomic E-state index is 13.1. The lowest BCUT2D eigenvalue weighted by molar-refractivity contribution is -0.137. The zero-order valence-corrected chi connectivity index (χ0v) is 20.0. The van der Waals surface area contributed by atoms with Crippen molar-refractivity contribution < 1.29 is 22.7 Å². The van der Waals surface area contributed by atoms with Crippen molar-refractivity contribution in [3.05, 3.63) is 88.9 Å². The highest BCUT2D eigenvalue weighted by Gasteiger charge is 2.30. The summed E-state index contributed by atoms with van der Waals surface area (Å²) in [6.07, 6.45) is -2.61. The highest BCUT2D eigenvalue weighted by Crippen LogP contribution is 2.30. The van der Waals surface area contributed by atoms with Gasteiger partial charge in [0, 0.05) is 23.2 Å². The van der Waals surface area contributed by atoms with Gasteiger partial charge in [-0.2, -0.15) is 13.2 Å². The van der Waals surface area contributed by atoms with Gasteiger partial charge in [0.25, 0.3) is 0 Å². The van der Waals surface area contributed by atoms with Crippen molar-refractivity contribution in [3.8, 4) is 17.1 Å². The summed E-state index contributed by atoms with van der Waals surface area (Å²) in [4.78, 5) is 17.0. The van der Waals surface area contributed by atoms with Gasteiger partial charge in [-0.05, 0) is 35.6 Å². The van der Waals surface area contributed by atoms with Crippen molar-refractivity contribution in [1.29, 1.82) is 0 Å². The average molecular weight is 500 g/mol. The van der Waals surface area contributed by atoms with E-state index in [4.69, 9.17) is 4.74 Å². The fraction of sp³-hybridized carbons (Fsp3) is 0.231. The van der Waals surface area contributed by atoms with Crippen LogP contribution in [0, 0.1) is 5.92 Å². The number of thiazole rings is 1. The van der Waals surface area contributed by atoms with Crippen molar-refractivity contribution in [1.82, 2.24) is 9.55 Å². The standard InChI is InChI=1S/C26H24F3N3O2S/c1-17(2)11-19-13-23(32(15-19)14-18-7-6-10-21(12-18)26(27,28)29)34-25(33)31-24-30-22(16-35-24)20-8-4-3-5-9-20/h3-10,12-13,15-17H,11,14H2,1-2H3,(H,30,31,33). The third-order valence-electron chi connectivity index (χ3n) is 5.14. The summed E-state index contributed by atoms with van der Waals surface area (Å²) in [5.74, 6) is 0.600. The molecule has 0 radical (unpaired) electrons. The number of ether oxygens (including phenoxy) is 1. The van der Waals surface area contributed by atoms with Crippen LogP contribution in [0.15, 0.2) is 72.2 Å². The third kappa shape index (κ3) is 6.51.